The molecular weight excluding hydrogens is 317 g/mol. The summed E-state index contributed by atoms with van der Waals surface area (Å²) in [7, 11) is 0. The normalized spacial score (nSPS) is 23.2. The van der Waals surface area contributed by atoms with Crippen LogP contribution in [0.25, 0.3) is 0 Å². The Hall–Kier alpha value is -1.56. The number of carbonyl (C=O) groups excluding carboxylic acids is 1. The zero-order valence-electron chi connectivity index (χ0n) is 14.1. The molecule has 1 saturated heterocycles. The maximum Gasteiger partial charge on any atom is 0.389 e. The highest BCUT2D eigenvalue weighted by Gasteiger charge is 2.34. The molecule has 0 bridgehead atoms. The molecule has 2 rings (SSSR count). The van der Waals surface area contributed by atoms with E-state index in [-0.39, 0.29) is 17.9 Å². The zero-order chi connectivity index (χ0) is 17.7. The smallest absolute Gasteiger partial charge is 0.353 e. The molecule has 2 atom stereocenters. The Morgan fingerprint density at radius 1 is 1.17 bits per heavy atom. The highest BCUT2D eigenvalue weighted by molar-refractivity contribution is 5.76. The number of hydrogen-bond donors (Lipinski definition) is 1. The summed E-state index contributed by atoms with van der Waals surface area (Å²) in [5.41, 5.74) is 1.24. The first-order valence-electron chi connectivity index (χ1n) is 8.37. The Balaban J connectivity index is 1.85. The second-order valence-corrected chi connectivity index (χ2v) is 6.84. The van der Waals surface area contributed by atoms with Crippen molar-refractivity contribution in [2.75, 3.05) is 13.1 Å². The van der Waals surface area contributed by atoms with Gasteiger partial charge < -0.3 is 5.32 Å². The van der Waals surface area contributed by atoms with E-state index in [4.69, 9.17) is 0 Å². The summed E-state index contributed by atoms with van der Waals surface area (Å²) >= 11 is 0. The third kappa shape index (κ3) is 5.82. The van der Waals surface area contributed by atoms with Crippen molar-refractivity contribution in [1.29, 1.82) is 0 Å². The molecule has 1 aliphatic heterocycles. The van der Waals surface area contributed by atoms with E-state index in [9.17, 15) is 18.0 Å². The van der Waals surface area contributed by atoms with Crippen LogP contribution < -0.4 is 5.32 Å². The molecule has 1 aliphatic rings. The average Bonchev–Trinajstić information content (AvgIpc) is 2.49. The van der Waals surface area contributed by atoms with Gasteiger partial charge in [-0.1, -0.05) is 44.2 Å². The molecule has 0 unspecified atom stereocenters. The van der Waals surface area contributed by atoms with E-state index in [2.05, 4.69) is 22.3 Å². The molecule has 1 fully saturated rings. The van der Waals surface area contributed by atoms with Crippen LogP contribution >= 0.6 is 0 Å². The minimum absolute atomic E-state index is 0.0715. The number of nitrogens with one attached hydrogen (secondary N) is 1. The molecule has 6 heteroatoms. The standard InChI is InChI=1S/C18H25F3N2O/c1-13-10-23(12-15-6-4-3-5-7-15)11-14(2)17(13)22-16(24)8-9-18(19,20)21/h3-7,13-14,17H,8-12H2,1-2H3,(H,22,24)/t13-,14-/m0/s1. The van der Waals surface area contributed by atoms with Crippen molar-refractivity contribution in [3.8, 4) is 0 Å². The van der Waals surface area contributed by atoms with Gasteiger partial charge in [0, 0.05) is 32.1 Å². The van der Waals surface area contributed by atoms with Gasteiger partial charge in [0.25, 0.3) is 0 Å². The molecule has 3 nitrogen and oxygen atoms in total. The lowest BCUT2D eigenvalue weighted by Crippen LogP contribution is -2.54. The van der Waals surface area contributed by atoms with Gasteiger partial charge >= 0.3 is 6.18 Å². The van der Waals surface area contributed by atoms with Crippen LogP contribution in [0.4, 0.5) is 13.2 Å². The van der Waals surface area contributed by atoms with E-state index in [1.807, 2.05) is 32.0 Å². The maximum absolute atomic E-state index is 12.2. The molecule has 1 heterocycles. The monoisotopic (exact) mass is 342 g/mol. The van der Waals surface area contributed by atoms with Crippen molar-refractivity contribution >= 4 is 5.91 Å². The number of halogens is 3. The lowest BCUT2D eigenvalue weighted by Gasteiger charge is -2.41. The SMILES string of the molecule is C[C@H]1CN(Cc2ccccc2)C[C@H](C)C1NC(=O)CCC(F)(F)F. The van der Waals surface area contributed by atoms with E-state index in [1.54, 1.807) is 0 Å². The summed E-state index contributed by atoms with van der Waals surface area (Å²) in [6.07, 6.45) is -5.84. The van der Waals surface area contributed by atoms with E-state index >= 15 is 0 Å². The number of amides is 1. The first kappa shape index (κ1) is 18.8. The van der Waals surface area contributed by atoms with Crippen LogP contribution in [-0.4, -0.2) is 36.1 Å². The Morgan fingerprint density at radius 3 is 2.29 bits per heavy atom. The van der Waals surface area contributed by atoms with Gasteiger partial charge in [0.05, 0.1) is 6.42 Å². The van der Waals surface area contributed by atoms with Crippen LogP contribution in [-0.2, 0) is 11.3 Å². The number of hydrogen-bond acceptors (Lipinski definition) is 2. The van der Waals surface area contributed by atoms with Gasteiger partial charge in [-0.15, -0.1) is 0 Å². The highest BCUT2D eigenvalue weighted by atomic mass is 19.4. The van der Waals surface area contributed by atoms with Crippen LogP contribution in [0.3, 0.4) is 0 Å². The fourth-order valence-electron chi connectivity index (χ4n) is 3.45. The Morgan fingerprint density at radius 2 is 1.75 bits per heavy atom. The van der Waals surface area contributed by atoms with Gasteiger partial charge in [-0.05, 0) is 17.4 Å². The molecule has 24 heavy (non-hydrogen) atoms. The molecule has 0 spiro atoms. The van der Waals surface area contributed by atoms with Gasteiger partial charge in [-0.2, -0.15) is 13.2 Å². The van der Waals surface area contributed by atoms with E-state index in [0.29, 0.717) is 0 Å². The minimum atomic E-state index is -4.28. The number of benzene rings is 1. The summed E-state index contributed by atoms with van der Waals surface area (Å²) in [4.78, 5) is 14.1. The summed E-state index contributed by atoms with van der Waals surface area (Å²) in [5.74, 6) is -0.105. The number of carbonyl (C=O) groups is 1. The first-order valence-corrected chi connectivity index (χ1v) is 8.37. The van der Waals surface area contributed by atoms with Crippen molar-refractivity contribution in [3.63, 3.8) is 0 Å². The number of rotatable bonds is 5. The number of nitrogens with zero attached hydrogens (tertiary/aromatic N) is 1. The summed E-state index contributed by atoms with van der Waals surface area (Å²) in [6.45, 7) is 6.59. The van der Waals surface area contributed by atoms with Gasteiger partial charge in [-0.3, -0.25) is 9.69 Å². The van der Waals surface area contributed by atoms with Crippen LogP contribution in [0.15, 0.2) is 30.3 Å². The van der Waals surface area contributed by atoms with Crippen molar-refractivity contribution in [2.24, 2.45) is 11.8 Å². The molecule has 1 aromatic carbocycles. The fourth-order valence-corrected chi connectivity index (χ4v) is 3.45. The number of piperidine rings is 1. The molecule has 0 radical (unpaired) electrons. The van der Waals surface area contributed by atoms with Crippen LogP contribution in [0, 0.1) is 11.8 Å². The molecule has 0 aromatic heterocycles. The third-order valence-corrected chi connectivity index (χ3v) is 4.53. The van der Waals surface area contributed by atoms with Crippen molar-refractivity contribution in [1.82, 2.24) is 10.2 Å². The lowest BCUT2D eigenvalue weighted by atomic mass is 9.85. The van der Waals surface area contributed by atoms with E-state index < -0.39 is 24.9 Å². The highest BCUT2D eigenvalue weighted by Crippen LogP contribution is 2.25. The second kappa shape index (κ2) is 8.01. The second-order valence-electron chi connectivity index (χ2n) is 6.84. The third-order valence-electron chi connectivity index (χ3n) is 4.53. The molecule has 134 valence electrons. The van der Waals surface area contributed by atoms with E-state index in [1.165, 1.54) is 5.56 Å². The lowest BCUT2D eigenvalue weighted by molar-refractivity contribution is -0.144. The first-order chi connectivity index (χ1) is 11.2. The minimum Gasteiger partial charge on any atom is -0.353 e. The van der Waals surface area contributed by atoms with Gasteiger partial charge in [0.15, 0.2) is 0 Å². The Labute approximate surface area is 141 Å². The van der Waals surface area contributed by atoms with Crippen molar-refractivity contribution in [2.45, 2.75) is 45.5 Å². The molecule has 1 aromatic rings. The van der Waals surface area contributed by atoms with Crippen molar-refractivity contribution in [3.05, 3.63) is 35.9 Å². The summed E-state index contributed by atoms with van der Waals surface area (Å²) in [5, 5.41) is 2.81. The Kier molecular flexibility index (Phi) is 6.27. The quantitative estimate of drug-likeness (QED) is 0.887. The van der Waals surface area contributed by atoms with Gasteiger partial charge in [0.1, 0.15) is 0 Å². The van der Waals surface area contributed by atoms with E-state index in [0.717, 1.165) is 19.6 Å². The largest absolute Gasteiger partial charge is 0.389 e. The Bertz CT molecular complexity index is 521. The number of alkyl halides is 3. The molecule has 1 N–H and O–H groups in total. The predicted molar refractivity (Wildman–Crippen MR) is 87.3 cm³/mol. The zero-order valence-corrected chi connectivity index (χ0v) is 14.1. The maximum atomic E-state index is 12.2. The van der Waals surface area contributed by atoms with Gasteiger partial charge in [-0.25, -0.2) is 0 Å². The van der Waals surface area contributed by atoms with Crippen LogP contribution in [0.5, 0.6) is 0 Å². The molecule has 0 saturated carbocycles. The topological polar surface area (TPSA) is 32.3 Å². The summed E-state index contributed by atoms with van der Waals surface area (Å²) < 4.78 is 36.7. The molecular formula is C18H25F3N2O. The fraction of sp³-hybridized carbons (Fsp3) is 0.611. The van der Waals surface area contributed by atoms with Crippen LogP contribution in [0.1, 0.15) is 32.3 Å². The number of likely N-dealkylation sites (tertiary alicyclic amines) is 1. The molecule has 1 amide bonds. The van der Waals surface area contributed by atoms with Crippen LogP contribution in [0.2, 0.25) is 0 Å². The predicted octanol–water partition coefficient (Wildman–Crippen LogP) is 3.60. The summed E-state index contributed by atoms with van der Waals surface area (Å²) in [6, 6.07) is 10.1. The molecule has 0 aliphatic carbocycles. The van der Waals surface area contributed by atoms with Gasteiger partial charge in [0.2, 0.25) is 5.91 Å². The average molecular weight is 342 g/mol. The van der Waals surface area contributed by atoms with Crippen molar-refractivity contribution < 1.29 is 18.0 Å².